The van der Waals surface area contributed by atoms with Crippen LogP contribution in [0.4, 0.5) is 10.2 Å². The smallest absolute Gasteiger partial charge is 0.329 e. The topological polar surface area (TPSA) is 89.5 Å². The number of hydrogen-bond acceptors (Lipinski definition) is 8. The molecule has 0 bridgehead atoms. The molecule has 3 aromatic rings. The number of aryl methyl sites for hydroxylation is 3. The van der Waals surface area contributed by atoms with E-state index >= 15 is 0 Å². The molecule has 2 heterocycles. The summed E-state index contributed by atoms with van der Waals surface area (Å²) in [6, 6.07) is 13.5. The van der Waals surface area contributed by atoms with E-state index in [4.69, 9.17) is 19.4 Å². The van der Waals surface area contributed by atoms with Crippen LogP contribution in [0.25, 0.3) is 11.3 Å². The van der Waals surface area contributed by atoms with Gasteiger partial charge in [0.1, 0.15) is 23.6 Å². The van der Waals surface area contributed by atoms with Crippen molar-refractivity contribution in [2.75, 3.05) is 38.7 Å². The quantitative estimate of drug-likeness (QED) is 0.152. The monoisotopic (exact) mass is 605 g/mol. The van der Waals surface area contributed by atoms with Crippen LogP contribution in [0.5, 0.6) is 0 Å². The summed E-state index contributed by atoms with van der Waals surface area (Å²) in [6.07, 6.45) is 10.0. The van der Waals surface area contributed by atoms with E-state index in [9.17, 15) is 9.18 Å². The van der Waals surface area contributed by atoms with Crippen molar-refractivity contribution in [2.24, 2.45) is 0 Å². The van der Waals surface area contributed by atoms with Crippen molar-refractivity contribution in [2.45, 2.75) is 90.0 Å². The molecule has 8 nitrogen and oxygen atoms in total. The van der Waals surface area contributed by atoms with E-state index in [2.05, 4.69) is 27.3 Å². The molecular formula is C35H48FN5O3. The maximum absolute atomic E-state index is 14.7. The molecule has 1 aromatic carbocycles. The number of anilines is 1. The predicted octanol–water partition coefficient (Wildman–Crippen LogP) is 6.24. The standard InChI is InChI=1S/C35H48FN5O3/c1-35(2,3)44-34(42)31(39-33-23-37-22-32(40-33)26-12-6-5-7-13-26)19-21-41(24-28(36)25-43-4)20-11-10-15-29-18-17-27-14-8-9-16-30(27)38-29/h5-7,12-13,17-18,22-23,28,31H,8-11,14-16,19-21,24-25H2,1-4H3,(H,39,40)/t28-,31-/m0/s1. The Kier molecular flexibility index (Phi) is 12.6. The predicted molar refractivity (Wildman–Crippen MR) is 172 cm³/mol. The maximum atomic E-state index is 14.7. The largest absolute Gasteiger partial charge is 0.458 e. The fourth-order valence-corrected chi connectivity index (χ4v) is 5.51. The van der Waals surface area contributed by atoms with Crippen LogP contribution < -0.4 is 5.32 Å². The van der Waals surface area contributed by atoms with Crippen LogP contribution in [0.15, 0.2) is 54.9 Å². The van der Waals surface area contributed by atoms with Gasteiger partial charge in [-0.15, -0.1) is 0 Å². The van der Waals surface area contributed by atoms with Crippen LogP contribution >= 0.6 is 0 Å². The minimum Gasteiger partial charge on any atom is -0.458 e. The van der Waals surface area contributed by atoms with Gasteiger partial charge in [-0.25, -0.2) is 14.2 Å². The van der Waals surface area contributed by atoms with Gasteiger partial charge in [-0.1, -0.05) is 36.4 Å². The number of fused-ring (bicyclic) bond motifs is 1. The van der Waals surface area contributed by atoms with Crippen LogP contribution in [-0.4, -0.2) is 77.0 Å². The normalized spacial score (nSPS) is 14.6. The number of rotatable bonds is 16. The highest BCUT2D eigenvalue weighted by molar-refractivity contribution is 5.79. The number of unbranched alkanes of at least 4 members (excludes halogenated alkanes) is 1. The van der Waals surface area contributed by atoms with E-state index in [0.29, 0.717) is 31.0 Å². The van der Waals surface area contributed by atoms with Gasteiger partial charge in [-0.3, -0.25) is 9.97 Å². The molecule has 0 unspecified atom stereocenters. The van der Waals surface area contributed by atoms with Gasteiger partial charge >= 0.3 is 5.97 Å². The number of alkyl halides is 1. The molecule has 0 saturated heterocycles. The van der Waals surface area contributed by atoms with E-state index in [0.717, 1.165) is 43.4 Å². The Morgan fingerprint density at radius 2 is 1.82 bits per heavy atom. The van der Waals surface area contributed by atoms with E-state index in [1.165, 1.54) is 31.2 Å². The number of nitrogens with one attached hydrogen (secondary N) is 1. The molecule has 0 radical (unpaired) electrons. The first-order chi connectivity index (χ1) is 21.2. The highest BCUT2D eigenvalue weighted by Gasteiger charge is 2.27. The van der Waals surface area contributed by atoms with Gasteiger partial charge in [0.2, 0.25) is 0 Å². The SMILES string of the molecule is COC[C@@H](F)CN(CCCCc1ccc2c(n1)CCCC2)CC[C@H](Nc1cncc(-c2ccccc2)n1)C(=O)OC(C)(C)C. The second-order valence-corrected chi connectivity index (χ2v) is 12.6. The molecule has 0 amide bonds. The minimum absolute atomic E-state index is 0.0329. The van der Waals surface area contributed by atoms with Crippen molar-refractivity contribution in [1.82, 2.24) is 19.9 Å². The van der Waals surface area contributed by atoms with Gasteiger partial charge in [0.05, 0.1) is 24.7 Å². The molecule has 1 N–H and O–H groups in total. The molecule has 44 heavy (non-hydrogen) atoms. The van der Waals surface area contributed by atoms with Crippen molar-refractivity contribution in [1.29, 1.82) is 0 Å². The zero-order chi connectivity index (χ0) is 31.4. The van der Waals surface area contributed by atoms with Crippen molar-refractivity contribution in [3.63, 3.8) is 0 Å². The number of halogens is 1. The summed E-state index contributed by atoms with van der Waals surface area (Å²) in [6.45, 7) is 7.02. The molecule has 4 rings (SSSR count). The summed E-state index contributed by atoms with van der Waals surface area (Å²) >= 11 is 0. The number of esters is 1. The maximum Gasteiger partial charge on any atom is 0.329 e. The Morgan fingerprint density at radius 1 is 1.02 bits per heavy atom. The summed E-state index contributed by atoms with van der Waals surface area (Å²) in [5.41, 5.74) is 4.77. The van der Waals surface area contributed by atoms with Crippen molar-refractivity contribution in [3.05, 3.63) is 71.8 Å². The third-order valence-electron chi connectivity index (χ3n) is 7.65. The number of pyridine rings is 1. The average molecular weight is 606 g/mol. The van der Waals surface area contributed by atoms with E-state index in [1.54, 1.807) is 12.4 Å². The number of aromatic nitrogens is 3. The molecule has 9 heteroatoms. The van der Waals surface area contributed by atoms with Crippen molar-refractivity contribution in [3.8, 4) is 11.3 Å². The lowest BCUT2D eigenvalue weighted by Gasteiger charge is -2.28. The Morgan fingerprint density at radius 3 is 2.59 bits per heavy atom. The summed E-state index contributed by atoms with van der Waals surface area (Å²) in [7, 11) is 1.51. The number of carbonyl (C=O) groups excluding carboxylic acids is 1. The molecule has 2 atom stereocenters. The third kappa shape index (κ3) is 10.9. The van der Waals surface area contributed by atoms with Crippen LogP contribution in [0.2, 0.25) is 0 Å². The van der Waals surface area contributed by atoms with Crippen LogP contribution in [0.1, 0.15) is 69.8 Å². The summed E-state index contributed by atoms with van der Waals surface area (Å²) in [4.78, 5) is 29.4. The molecule has 0 saturated carbocycles. The Labute approximate surface area is 261 Å². The first kappa shape index (κ1) is 33.5. The second-order valence-electron chi connectivity index (χ2n) is 12.6. The minimum atomic E-state index is -1.12. The first-order valence-electron chi connectivity index (χ1n) is 15.9. The van der Waals surface area contributed by atoms with Crippen molar-refractivity contribution < 1.29 is 18.7 Å². The molecule has 0 aliphatic heterocycles. The molecule has 1 aliphatic rings. The lowest BCUT2D eigenvalue weighted by Crippen LogP contribution is -2.41. The van der Waals surface area contributed by atoms with Crippen LogP contribution in [0.3, 0.4) is 0 Å². The Balaban J connectivity index is 1.40. The zero-order valence-corrected chi connectivity index (χ0v) is 26.7. The summed E-state index contributed by atoms with van der Waals surface area (Å²) in [5.74, 6) is 0.102. The van der Waals surface area contributed by atoms with Gasteiger partial charge < -0.3 is 19.7 Å². The van der Waals surface area contributed by atoms with E-state index in [1.807, 2.05) is 51.1 Å². The first-order valence-corrected chi connectivity index (χ1v) is 15.9. The van der Waals surface area contributed by atoms with Gasteiger partial charge in [0.25, 0.3) is 0 Å². The lowest BCUT2D eigenvalue weighted by atomic mass is 9.95. The third-order valence-corrected chi connectivity index (χ3v) is 7.65. The number of carbonyl (C=O) groups is 1. The lowest BCUT2D eigenvalue weighted by molar-refractivity contribution is -0.156. The summed E-state index contributed by atoms with van der Waals surface area (Å²) in [5, 5.41) is 3.26. The summed E-state index contributed by atoms with van der Waals surface area (Å²) < 4.78 is 25.6. The number of methoxy groups -OCH3 is 1. The number of nitrogens with zero attached hydrogens (tertiary/aromatic N) is 4. The van der Waals surface area contributed by atoms with E-state index < -0.39 is 17.8 Å². The molecule has 0 fully saturated rings. The van der Waals surface area contributed by atoms with Crippen LogP contribution in [0, 0.1) is 0 Å². The molecule has 2 aromatic heterocycles. The fraction of sp³-hybridized carbons (Fsp3) is 0.543. The van der Waals surface area contributed by atoms with Gasteiger partial charge in [0.15, 0.2) is 0 Å². The Hall–Kier alpha value is -3.43. The number of ether oxygens (including phenoxy) is 2. The number of benzene rings is 1. The highest BCUT2D eigenvalue weighted by Crippen LogP contribution is 2.21. The van der Waals surface area contributed by atoms with Crippen molar-refractivity contribution >= 4 is 11.8 Å². The highest BCUT2D eigenvalue weighted by atomic mass is 19.1. The Bertz CT molecular complexity index is 1320. The fourth-order valence-electron chi connectivity index (χ4n) is 5.51. The molecular weight excluding hydrogens is 557 g/mol. The van der Waals surface area contributed by atoms with E-state index in [-0.39, 0.29) is 19.1 Å². The van der Waals surface area contributed by atoms with Gasteiger partial charge in [0, 0.05) is 37.2 Å². The molecule has 238 valence electrons. The van der Waals surface area contributed by atoms with Gasteiger partial charge in [-0.2, -0.15) is 0 Å². The molecule has 1 aliphatic carbocycles. The zero-order valence-electron chi connectivity index (χ0n) is 26.7. The second kappa shape index (κ2) is 16.6. The van der Waals surface area contributed by atoms with Gasteiger partial charge in [-0.05, 0) is 90.3 Å². The number of hydrogen-bond donors (Lipinski definition) is 1. The van der Waals surface area contributed by atoms with Crippen LogP contribution in [-0.2, 0) is 33.5 Å². The average Bonchev–Trinajstić information content (AvgIpc) is 3.00. The molecule has 0 spiro atoms.